The molecule has 2 aromatic heterocycles. The van der Waals surface area contributed by atoms with Crippen LogP contribution in [0.1, 0.15) is 0 Å². The molecular weight excluding hydrogens is 765 g/mol. The van der Waals surface area contributed by atoms with Gasteiger partial charge in [0.15, 0.2) is 0 Å². The summed E-state index contributed by atoms with van der Waals surface area (Å²) >= 11 is 0. The van der Waals surface area contributed by atoms with Crippen molar-refractivity contribution >= 4 is 60.8 Å². The van der Waals surface area contributed by atoms with Gasteiger partial charge in [0.25, 0.3) is 0 Å². The lowest BCUT2D eigenvalue weighted by molar-refractivity contribution is 0.670. The van der Waals surface area contributed by atoms with Crippen LogP contribution in [0.2, 0.25) is 0 Å². The van der Waals surface area contributed by atoms with E-state index in [4.69, 9.17) is 4.42 Å². The second kappa shape index (κ2) is 15.3. The van der Waals surface area contributed by atoms with E-state index in [0.29, 0.717) is 0 Å². The lowest BCUT2D eigenvalue weighted by Gasteiger charge is -2.31. The maximum Gasteiger partial charge on any atom is 0.145 e. The third kappa shape index (κ3) is 6.21. The lowest BCUT2D eigenvalue weighted by atomic mass is 9.94. The molecular formula is C60H40N2O. The minimum atomic E-state index is 0.843. The summed E-state index contributed by atoms with van der Waals surface area (Å²) in [7, 11) is 0. The summed E-state index contributed by atoms with van der Waals surface area (Å²) in [4.78, 5) is 2.44. The van der Waals surface area contributed by atoms with Gasteiger partial charge in [-0.2, -0.15) is 0 Å². The van der Waals surface area contributed by atoms with E-state index in [1.165, 1.54) is 21.9 Å². The van der Waals surface area contributed by atoms with Crippen LogP contribution in [0, 0.1) is 0 Å². The second-order valence-electron chi connectivity index (χ2n) is 16.0. The molecule has 0 unspecified atom stereocenters. The van der Waals surface area contributed by atoms with Crippen LogP contribution in [0.25, 0.3) is 93.9 Å². The van der Waals surface area contributed by atoms with Crippen LogP contribution in [-0.4, -0.2) is 4.57 Å². The molecule has 0 spiro atoms. The average molecular weight is 805 g/mol. The van der Waals surface area contributed by atoms with Crippen molar-refractivity contribution in [2.24, 2.45) is 0 Å². The molecule has 3 heteroatoms. The first-order valence-electron chi connectivity index (χ1n) is 21.5. The first-order chi connectivity index (χ1) is 31.3. The highest BCUT2D eigenvalue weighted by molar-refractivity contribution is 6.15. The number of nitrogens with zero attached hydrogens (tertiary/aromatic N) is 2. The van der Waals surface area contributed by atoms with Crippen molar-refractivity contribution in [1.82, 2.24) is 4.57 Å². The summed E-state index contributed by atoms with van der Waals surface area (Å²) < 4.78 is 9.51. The van der Waals surface area contributed by atoms with E-state index in [2.05, 4.69) is 252 Å². The van der Waals surface area contributed by atoms with Crippen molar-refractivity contribution in [2.75, 3.05) is 4.90 Å². The molecule has 0 N–H and O–H groups in total. The minimum absolute atomic E-state index is 0.843. The van der Waals surface area contributed by atoms with Crippen LogP contribution in [0.15, 0.2) is 247 Å². The van der Waals surface area contributed by atoms with Gasteiger partial charge in [-0.3, -0.25) is 0 Å². The van der Waals surface area contributed by atoms with Crippen molar-refractivity contribution in [3.63, 3.8) is 0 Å². The van der Waals surface area contributed by atoms with Gasteiger partial charge >= 0.3 is 0 Å². The van der Waals surface area contributed by atoms with Gasteiger partial charge in [0.1, 0.15) is 11.2 Å². The highest BCUT2D eigenvalue weighted by atomic mass is 16.3. The van der Waals surface area contributed by atoms with E-state index >= 15 is 0 Å². The van der Waals surface area contributed by atoms with Crippen LogP contribution in [-0.2, 0) is 0 Å². The Labute approximate surface area is 366 Å². The van der Waals surface area contributed by atoms with Gasteiger partial charge in [0.2, 0.25) is 0 Å². The van der Waals surface area contributed by atoms with Crippen LogP contribution < -0.4 is 4.90 Å². The Bertz CT molecular complexity index is 3550. The molecule has 3 nitrogen and oxygen atoms in total. The Morgan fingerprint density at radius 2 is 0.841 bits per heavy atom. The highest BCUT2D eigenvalue weighted by Crippen LogP contribution is 2.51. The van der Waals surface area contributed by atoms with Crippen molar-refractivity contribution in [3.8, 4) is 50.2 Å². The number of para-hydroxylation sites is 4. The largest absolute Gasteiger partial charge is 0.455 e. The number of aromatic nitrogens is 1. The zero-order valence-electron chi connectivity index (χ0n) is 34.4. The number of rotatable bonds is 8. The lowest BCUT2D eigenvalue weighted by Crippen LogP contribution is -2.13. The zero-order valence-corrected chi connectivity index (χ0v) is 34.4. The van der Waals surface area contributed by atoms with E-state index in [0.717, 1.165) is 89.1 Å². The molecule has 10 aromatic carbocycles. The predicted octanol–water partition coefficient (Wildman–Crippen LogP) is 16.8. The average Bonchev–Trinajstić information content (AvgIpc) is 3.91. The summed E-state index contributed by atoms with van der Waals surface area (Å²) in [5.74, 6) is 0. The Balaban J connectivity index is 1.19. The van der Waals surface area contributed by atoms with Gasteiger partial charge in [0.05, 0.1) is 33.7 Å². The van der Waals surface area contributed by atoms with Crippen molar-refractivity contribution in [3.05, 3.63) is 243 Å². The smallest absolute Gasteiger partial charge is 0.145 e. The molecule has 296 valence electrons. The van der Waals surface area contributed by atoms with Crippen LogP contribution in [0.5, 0.6) is 0 Å². The van der Waals surface area contributed by atoms with Crippen molar-refractivity contribution < 1.29 is 4.42 Å². The fraction of sp³-hybridized carbons (Fsp3) is 0. The molecule has 0 aliphatic heterocycles. The topological polar surface area (TPSA) is 21.3 Å². The van der Waals surface area contributed by atoms with E-state index in [1.807, 2.05) is 0 Å². The van der Waals surface area contributed by atoms with E-state index < -0.39 is 0 Å². The summed E-state index contributed by atoms with van der Waals surface area (Å²) in [6, 6.07) is 87.1. The van der Waals surface area contributed by atoms with Crippen molar-refractivity contribution in [2.45, 2.75) is 0 Å². The Hall–Kier alpha value is -8.40. The molecule has 63 heavy (non-hydrogen) atoms. The number of hydrogen-bond donors (Lipinski definition) is 0. The van der Waals surface area contributed by atoms with Gasteiger partial charge < -0.3 is 13.9 Å². The summed E-state index contributed by atoms with van der Waals surface area (Å²) in [6.07, 6.45) is 0. The van der Waals surface area contributed by atoms with E-state index in [-0.39, 0.29) is 0 Å². The van der Waals surface area contributed by atoms with E-state index in [1.54, 1.807) is 0 Å². The van der Waals surface area contributed by atoms with E-state index in [9.17, 15) is 0 Å². The molecule has 0 aliphatic rings. The van der Waals surface area contributed by atoms with Crippen LogP contribution in [0.3, 0.4) is 0 Å². The van der Waals surface area contributed by atoms with Crippen LogP contribution >= 0.6 is 0 Å². The molecule has 0 radical (unpaired) electrons. The summed E-state index contributed by atoms with van der Waals surface area (Å²) in [5.41, 5.74) is 17.2. The molecule has 12 aromatic rings. The Kier molecular flexibility index (Phi) is 8.83. The number of hydrogen-bond acceptors (Lipinski definition) is 2. The monoisotopic (exact) mass is 804 g/mol. The summed E-state index contributed by atoms with van der Waals surface area (Å²) in [5, 5.41) is 4.60. The van der Waals surface area contributed by atoms with Crippen molar-refractivity contribution in [1.29, 1.82) is 0 Å². The molecule has 12 rings (SSSR count). The Morgan fingerprint density at radius 3 is 1.52 bits per heavy atom. The molecule has 0 bridgehead atoms. The molecule has 0 aliphatic carbocycles. The van der Waals surface area contributed by atoms with Gasteiger partial charge in [-0.1, -0.05) is 182 Å². The number of fused-ring (bicyclic) bond motifs is 6. The van der Waals surface area contributed by atoms with Crippen LogP contribution in [0.4, 0.5) is 17.1 Å². The van der Waals surface area contributed by atoms with Gasteiger partial charge in [-0.05, 0) is 88.5 Å². The highest BCUT2D eigenvalue weighted by Gasteiger charge is 2.27. The predicted molar refractivity (Wildman–Crippen MR) is 264 cm³/mol. The van der Waals surface area contributed by atoms with Gasteiger partial charge in [-0.25, -0.2) is 0 Å². The molecule has 0 amide bonds. The molecule has 2 heterocycles. The maximum absolute atomic E-state index is 7.08. The van der Waals surface area contributed by atoms with Gasteiger partial charge in [0, 0.05) is 38.4 Å². The maximum atomic E-state index is 7.08. The summed E-state index contributed by atoms with van der Waals surface area (Å²) in [6.45, 7) is 0. The fourth-order valence-electron chi connectivity index (χ4n) is 9.52. The fourth-order valence-corrected chi connectivity index (χ4v) is 9.52. The second-order valence-corrected chi connectivity index (χ2v) is 16.0. The molecule has 0 saturated heterocycles. The molecule has 0 saturated carbocycles. The first kappa shape index (κ1) is 36.5. The third-order valence-corrected chi connectivity index (χ3v) is 12.4. The minimum Gasteiger partial charge on any atom is -0.455 e. The number of anilines is 3. The number of furan rings is 1. The first-order valence-corrected chi connectivity index (χ1v) is 21.5. The SMILES string of the molecule is c1ccc(-c2ccc(N(c3ccc(-c4ccccc4)cc3-c3ccccc3)c3ccc4c(oc5ccccc54)c3-c3ccccc3-n3c4ccccc4c4ccccc43)cc2)cc1. The number of benzene rings is 10. The Morgan fingerprint density at radius 1 is 0.333 bits per heavy atom. The quantitative estimate of drug-likeness (QED) is 0.153. The van der Waals surface area contributed by atoms with Gasteiger partial charge in [-0.15, -0.1) is 0 Å². The molecule has 0 atom stereocenters. The molecule has 0 fully saturated rings. The zero-order chi connectivity index (χ0) is 41.7. The normalized spacial score (nSPS) is 11.5. The standard InChI is InChI=1S/C60H40N2O/c1-4-18-41(19-5-1)43-32-35-46(36-33-43)61(56-38-34-45(42-20-6-2-7-21-42)40-52(56)44-22-8-3-9-23-44)57-39-37-50-49-26-13-17-31-58(49)63-60(50)59(57)51-27-12-16-30-55(51)62-53-28-14-10-24-47(53)48-25-11-15-29-54(48)62/h1-40H. The third-order valence-electron chi connectivity index (χ3n) is 12.4.